The van der Waals surface area contributed by atoms with Crippen LogP contribution in [0.15, 0.2) is 0 Å². The fourth-order valence-corrected chi connectivity index (χ4v) is 3.68. The second-order valence-corrected chi connectivity index (χ2v) is 8.35. The summed E-state index contributed by atoms with van der Waals surface area (Å²) in [6.45, 7) is 9.59. The Morgan fingerprint density at radius 1 is 1.43 bits per heavy atom. The molecule has 0 bridgehead atoms. The van der Waals surface area contributed by atoms with E-state index in [1.807, 2.05) is 27.7 Å². The Labute approximate surface area is 166 Å². The Balaban J connectivity index is 1.77. The zero-order valence-electron chi connectivity index (χ0n) is 17.1. The van der Waals surface area contributed by atoms with Crippen LogP contribution in [0, 0.1) is 11.3 Å². The van der Waals surface area contributed by atoms with Gasteiger partial charge in [0, 0.05) is 25.1 Å². The lowest BCUT2D eigenvalue weighted by Gasteiger charge is -2.34. The summed E-state index contributed by atoms with van der Waals surface area (Å²) in [6.07, 6.45) is 2.67. The average Bonchev–Trinajstić information content (AvgIpc) is 3.16. The highest BCUT2D eigenvalue weighted by molar-refractivity contribution is 5.77. The molecule has 2 aliphatic rings. The van der Waals surface area contributed by atoms with E-state index in [-0.39, 0.29) is 36.0 Å². The fraction of sp³-hybridized carbons (Fsp3) is 0.667. The van der Waals surface area contributed by atoms with Crippen LogP contribution in [0.2, 0.25) is 0 Å². The molecule has 1 saturated heterocycles. The number of aromatic nitrogens is 1. The van der Waals surface area contributed by atoms with Crippen LogP contribution in [0.5, 0.6) is 5.88 Å². The van der Waals surface area contributed by atoms with E-state index in [2.05, 4.69) is 16.4 Å². The molecule has 1 N–H and O–H groups in total. The van der Waals surface area contributed by atoms with Gasteiger partial charge in [-0.25, -0.2) is 4.98 Å². The molecule has 0 spiro atoms. The Kier molecular flexibility index (Phi) is 6.21. The van der Waals surface area contributed by atoms with E-state index in [1.54, 1.807) is 0 Å². The number of nitrogens with zero attached hydrogens (tertiary/aromatic N) is 2. The maximum absolute atomic E-state index is 12.2. The van der Waals surface area contributed by atoms with E-state index in [0.717, 1.165) is 36.3 Å². The van der Waals surface area contributed by atoms with E-state index in [9.17, 15) is 10.1 Å². The molecule has 7 heteroatoms. The summed E-state index contributed by atoms with van der Waals surface area (Å²) in [4.78, 5) is 16.7. The van der Waals surface area contributed by atoms with Crippen molar-refractivity contribution in [3.8, 4) is 11.9 Å². The summed E-state index contributed by atoms with van der Waals surface area (Å²) in [5.41, 5.74) is 2.81. The minimum absolute atomic E-state index is 0.0789. The second-order valence-electron chi connectivity index (χ2n) is 8.35. The smallest absolute Gasteiger partial charge is 0.258 e. The SMILES string of the molecule is CC(C)c1nc(OCC(=O)NC[C@H]2CCCO2)c(C#N)c2c1COC(C)(C)C2. The number of rotatable bonds is 6. The first-order chi connectivity index (χ1) is 13.3. The molecule has 3 rings (SSSR count). The van der Waals surface area contributed by atoms with Crippen molar-refractivity contribution in [1.82, 2.24) is 10.3 Å². The molecule has 1 aromatic heterocycles. The third-order valence-electron chi connectivity index (χ3n) is 5.17. The van der Waals surface area contributed by atoms with E-state index >= 15 is 0 Å². The normalized spacial score (nSPS) is 20.5. The predicted molar refractivity (Wildman–Crippen MR) is 103 cm³/mol. The number of amides is 1. The van der Waals surface area contributed by atoms with Gasteiger partial charge >= 0.3 is 0 Å². The number of nitriles is 1. The number of pyridine rings is 1. The maximum Gasteiger partial charge on any atom is 0.258 e. The molecule has 7 nitrogen and oxygen atoms in total. The molecule has 0 radical (unpaired) electrons. The van der Waals surface area contributed by atoms with Crippen LogP contribution in [0.1, 0.15) is 68.8 Å². The van der Waals surface area contributed by atoms with E-state index in [1.165, 1.54) is 0 Å². The molecule has 28 heavy (non-hydrogen) atoms. The maximum atomic E-state index is 12.2. The summed E-state index contributed by atoms with van der Waals surface area (Å²) < 4.78 is 17.1. The van der Waals surface area contributed by atoms with Crippen LogP contribution in [0.3, 0.4) is 0 Å². The van der Waals surface area contributed by atoms with Crippen molar-refractivity contribution in [2.24, 2.45) is 0 Å². The van der Waals surface area contributed by atoms with Gasteiger partial charge in [0.25, 0.3) is 5.91 Å². The standard InChI is InChI=1S/C21H29N3O4/c1-13(2)19-17-11-28-21(3,4)8-15(17)16(9-22)20(24-19)27-12-18(25)23-10-14-6-5-7-26-14/h13-14H,5-8,10-12H2,1-4H3,(H,23,25)/t14-/m1/s1. The molecule has 0 saturated carbocycles. The van der Waals surface area contributed by atoms with Gasteiger partial charge in [0.2, 0.25) is 5.88 Å². The van der Waals surface area contributed by atoms with Crippen LogP contribution < -0.4 is 10.1 Å². The van der Waals surface area contributed by atoms with Crippen LogP contribution >= 0.6 is 0 Å². The minimum Gasteiger partial charge on any atom is -0.467 e. The van der Waals surface area contributed by atoms with Crippen molar-refractivity contribution in [2.75, 3.05) is 19.8 Å². The molecular weight excluding hydrogens is 358 g/mol. The van der Waals surface area contributed by atoms with Gasteiger partial charge in [-0.1, -0.05) is 13.8 Å². The Morgan fingerprint density at radius 2 is 2.21 bits per heavy atom. The van der Waals surface area contributed by atoms with Crippen LogP contribution in [-0.4, -0.2) is 42.4 Å². The summed E-state index contributed by atoms with van der Waals surface area (Å²) in [7, 11) is 0. The highest BCUT2D eigenvalue weighted by Gasteiger charge is 2.33. The van der Waals surface area contributed by atoms with Gasteiger partial charge in [0.1, 0.15) is 11.6 Å². The minimum atomic E-state index is -0.357. The molecule has 3 heterocycles. The molecule has 0 unspecified atom stereocenters. The monoisotopic (exact) mass is 387 g/mol. The largest absolute Gasteiger partial charge is 0.467 e. The van der Waals surface area contributed by atoms with Gasteiger partial charge < -0.3 is 19.5 Å². The van der Waals surface area contributed by atoms with Gasteiger partial charge in [-0.2, -0.15) is 5.26 Å². The van der Waals surface area contributed by atoms with Crippen molar-refractivity contribution in [3.05, 3.63) is 22.4 Å². The number of carbonyl (C=O) groups is 1. The lowest BCUT2D eigenvalue weighted by molar-refractivity contribution is -0.123. The van der Waals surface area contributed by atoms with Gasteiger partial charge in [-0.3, -0.25) is 4.79 Å². The lowest BCUT2D eigenvalue weighted by Crippen LogP contribution is -2.35. The number of carbonyl (C=O) groups excluding carboxylic acids is 1. The zero-order valence-corrected chi connectivity index (χ0v) is 17.1. The predicted octanol–water partition coefficient (Wildman–Crippen LogP) is 2.60. The van der Waals surface area contributed by atoms with Crippen LogP contribution in [0.4, 0.5) is 0 Å². The van der Waals surface area contributed by atoms with Crippen molar-refractivity contribution in [1.29, 1.82) is 5.26 Å². The third kappa shape index (κ3) is 4.62. The van der Waals surface area contributed by atoms with Crippen molar-refractivity contribution in [3.63, 3.8) is 0 Å². The third-order valence-corrected chi connectivity index (χ3v) is 5.17. The molecule has 1 fully saturated rings. The molecule has 152 valence electrons. The van der Waals surface area contributed by atoms with Crippen LogP contribution in [0.25, 0.3) is 0 Å². The van der Waals surface area contributed by atoms with Crippen molar-refractivity contribution < 1.29 is 19.0 Å². The molecule has 0 aromatic carbocycles. The Bertz CT molecular complexity index is 777. The van der Waals surface area contributed by atoms with Gasteiger partial charge in [-0.05, 0) is 38.2 Å². The second kappa shape index (κ2) is 8.46. The molecule has 1 atom stereocenters. The van der Waals surface area contributed by atoms with Crippen molar-refractivity contribution >= 4 is 5.91 Å². The summed E-state index contributed by atoms with van der Waals surface area (Å²) in [5, 5.41) is 12.6. The van der Waals surface area contributed by atoms with E-state index in [0.29, 0.717) is 25.1 Å². The average molecular weight is 387 g/mol. The number of hydrogen-bond donors (Lipinski definition) is 1. The summed E-state index contributed by atoms with van der Waals surface area (Å²) >= 11 is 0. The fourth-order valence-electron chi connectivity index (χ4n) is 3.68. The highest BCUT2D eigenvalue weighted by Crippen LogP contribution is 2.37. The summed E-state index contributed by atoms with van der Waals surface area (Å²) in [5.74, 6) is 0.144. The Morgan fingerprint density at radius 3 is 2.86 bits per heavy atom. The molecular formula is C21H29N3O4. The first kappa shape index (κ1) is 20.6. The topological polar surface area (TPSA) is 93.5 Å². The Hall–Kier alpha value is -2.17. The van der Waals surface area contributed by atoms with Crippen molar-refractivity contribution in [2.45, 2.75) is 71.2 Å². The number of nitrogens with one attached hydrogen (secondary N) is 1. The first-order valence-corrected chi connectivity index (χ1v) is 9.91. The first-order valence-electron chi connectivity index (χ1n) is 9.91. The van der Waals surface area contributed by atoms with E-state index < -0.39 is 0 Å². The zero-order chi connectivity index (χ0) is 20.3. The van der Waals surface area contributed by atoms with Gasteiger partial charge in [-0.15, -0.1) is 0 Å². The quantitative estimate of drug-likeness (QED) is 0.806. The highest BCUT2D eigenvalue weighted by atomic mass is 16.5. The molecule has 1 aromatic rings. The van der Waals surface area contributed by atoms with E-state index in [4.69, 9.17) is 14.2 Å². The van der Waals surface area contributed by atoms with Crippen LogP contribution in [-0.2, 0) is 27.3 Å². The number of fused-ring (bicyclic) bond motifs is 1. The number of hydrogen-bond acceptors (Lipinski definition) is 6. The number of ether oxygens (including phenoxy) is 3. The van der Waals surface area contributed by atoms with Gasteiger partial charge in [0.05, 0.1) is 24.0 Å². The van der Waals surface area contributed by atoms with Gasteiger partial charge in [0.15, 0.2) is 6.61 Å². The molecule has 0 aliphatic carbocycles. The summed E-state index contributed by atoms with van der Waals surface area (Å²) in [6, 6.07) is 2.23. The lowest BCUT2D eigenvalue weighted by atomic mass is 9.86. The molecule has 2 aliphatic heterocycles. The molecule has 1 amide bonds.